The van der Waals surface area contributed by atoms with Crippen molar-refractivity contribution in [2.24, 2.45) is 0 Å². The Morgan fingerprint density at radius 3 is 2.20 bits per heavy atom. The second kappa shape index (κ2) is 5.95. The summed E-state index contributed by atoms with van der Waals surface area (Å²) in [5.74, 6) is -0.169. The molecule has 1 heterocycles. The van der Waals surface area contributed by atoms with Crippen molar-refractivity contribution in [2.75, 3.05) is 5.73 Å². The number of ether oxygens (including phenoxy) is 1. The predicted molar refractivity (Wildman–Crippen MR) is 72.9 cm³/mol. The van der Waals surface area contributed by atoms with E-state index < -0.39 is 17.1 Å². The number of aromatic nitrogens is 2. The summed E-state index contributed by atoms with van der Waals surface area (Å²) in [7, 11) is 0. The molecule has 9 heteroatoms. The monoisotopic (exact) mass is 339 g/mol. The molecule has 0 spiro atoms. The predicted octanol–water partition coefficient (Wildman–Crippen LogP) is 4.75. The number of hydrogen-bond donors (Lipinski definition) is 1. The third-order valence-corrected chi connectivity index (χ3v) is 3.07. The maximum atomic E-state index is 12.7. The molecule has 0 saturated carbocycles. The summed E-state index contributed by atoms with van der Waals surface area (Å²) in [6.45, 7) is 0. The summed E-state index contributed by atoms with van der Waals surface area (Å²) in [5.41, 5.74) is 5.37. The molecule has 0 radical (unpaired) electrons. The molecule has 4 nitrogen and oxygen atoms in total. The summed E-state index contributed by atoms with van der Waals surface area (Å²) in [6.07, 6.45) is -2.81. The lowest BCUT2D eigenvalue weighted by atomic mass is 10.3. The average molecular weight is 341 g/mol. The quantitative estimate of drug-likeness (QED) is 0.819. The van der Waals surface area contributed by atoms with Crippen LogP contribution >= 0.6 is 34.8 Å². The highest BCUT2D eigenvalue weighted by Crippen LogP contribution is 2.38. The van der Waals surface area contributed by atoms with Crippen LogP contribution in [0, 0.1) is 0 Å². The summed E-state index contributed by atoms with van der Waals surface area (Å²) < 4.78 is 30.6. The Morgan fingerprint density at radius 1 is 1.05 bits per heavy atom. The van der Waals surface area contributed by atoms with Gasteiger partial charge < -0.3 is 10.5 Å². The summed E-state index contributed by atoms with van der Waals surface area (Å²) >= 11 is 17.3. The average Bonchev–Trinajstić information content (AvgIpc) is 2.35. The normalized spacial score (nSPS) is 10.9. The fourth-order valence-corrected chi connectivity index (χ4v) is 2.11. The van der Waals surface area contributed by atoms with Crippen LogP contribution in [0.5, 0.6) is 11.6 Å². The first-order valence-electron chi connectivity index (χ1n) is 5.12. The molecule has 0 unspecified atom stereocenters. The fourth-order valence-electron chi connectivity index (χ4n) is 1.36. The van der Waals surface area contributed by atoms with Gasteiger partial charge in [0.1, 0.15) is 0 Å². The van der Waals surface area contributed by atoms with Gasteiger partial charge in [0.05, 0.1) is 15.6 Å². The number of halogens is 5. The molecule has 106 valence electrons. The van der Waals surface area contributed by atoms with Crippen LogP contribution in [0.1, 0.15) is 12.0 Å². The van der Waals surface area contributed by atoms with E-state index >= 15 is 0 Å². The van der Waals surface area contributed by atoms with Crippen molar-refractivity contribution in [3.63, 3.8) is 0 Å². The summed E-state index contributed by atoms with van der Waals surface area (Å²) in [6, 6.07) is 3.77. The van der Waals surface area contributed by atoms with E-state index in [0.29, 0.717) is 5.69 Å². The Bertz CT molecular complexity index is 632. The van der Waals surface area contributed by atoms with Gasteiger partial charge in [-0.25, -0.2) is 8.78 Å². The first-order valence-corrected chi connectivity index (χ1v) is 6.25. The van der Waals surface area contributed by atoms with Gasteiger partial charge in [-0.15, -0.1) is 10.2 Å². The molecular formula is C11H6Cl3F2N3O. The van der Waals surface area contributed by atoms with E-state index in [2.05, 4.69) is 10.2 Å². The molecule has 0 aliphatic rings. The molecule has 1 aromatic heterocycles. The maximum Gasteiger partial charge on any atom is 0.267 e. The lowest BCUT2D eigenvalue weighted by molar-refractivity contribution is 0.150. The van der Waals surface area contributed by atoms with Gasteiger partial charge in [-0.3, -0.25) is 0 Å². The van der Waals surface area contributed by atoms with E-state index in [9.17, 15) is 8.78 Å². The molecule has 0 atom stereocenters. The minimum Gasteiger partial charge on any atom is -0.434 e. The van der Waals surface area contributed by atoms with Gasteiger partial charge in [-0.05, 0) is 12.1 Å². The van der Waals surface area contributed by atoms with Gasteiger partial charge in [0.25, 0.3) is 6.43 Å². The number of nitrogen functional groups attached to an aromatic ring is 1. The summed E-state index contributed by atoms with van der Waals surface area (Å²) in [5, 5.41) is 6.74. The first-order chi connectivity index (χ1) is 9.38. The van der Waals surface area contributed by atoms with Crippen molar-refractivity contribution in [1.82, 2.24) is 10.2 Å². The van der Waals surface area contributed by atoms with Crippen molar-refractivity contribution in [3.05, 3.63) is 39.0 Å². The van der Waals surface area contributed by atoms with E-state index in [0.717, 1.165) is 6.07 Å². The molecule has 0 amide bonds. The Kier molecular flexibility index (Phi) is 4.47. The minimum absolute atomic E-state index is 0.0411. The van der Waals surface area contributed by atoms with Crippen LogP contribution in [0.4, 0.5) is 14.5 Å². The lowest BCUT2D eigenvalue weighted by Crippen LogP contribution is -1.97. The molecular weight excluding hydrogens is 334 g/mol. The number of nitrogens with zero attached hydrogens (tertiary/aromatic N) is 2. The van der Waals surface area contributed by atoms with Gasteiger partial charge in [0.15, 0.2) is 10.9 Å². The molecule has 2 N–H and O–H groups in total. The third kappa shape index (κ3) is 3.20. The Labute approximate surface area is 127 Å². The van der Waals surface area contributed by atoms with E-state index in [1.807, 2.05) is 0 Å². The van der Waals surface area contributed by atoms with Crippen molar-refractivity contribution < 1.29 is 13.5 Å². The molecule has 0 saturated heterocycles. The topological polar surface area (TPSA) is 61.0 Å². The van der Waals surface area contributed by atoms with Gasteiger partial charge in [-0.2, -0.15) is 0 Å². The molecule has 1 aromatic carbocycles. The van der Waals surface area contributed by atoms with Crippen LogP contribution in [-0.4, -0.2) is 10.2 Å². The molecule has 0 bridgehead atoms. The van der Waals surface area contributed by atoms with Crippen LogP contribution in [0.2, 0.25) is 15.2 Å². The number of rotatable bonds is 3. The van der Waals surface area contributed by atoms with Crippen LogP contribution in [0.15, 0.2) is 18.2 Å². The van der Waals surface area contributed by atoms with Crippen molar-refractivity contribution in [2.45, 2.75) is 6.43 Å². The maximum absolute atomic E-state index is 12.7. The second-order valence-electron chi connectivity index (χ2n) is 3.65. The van der Waals surface area contributed by atoms with E-state index in [1.54, 1.807) is 0 Å². The highest BCUT2D eigenvalue weighted by molar-refractivity contribution is 6.37. The Hall–Kier alpha value is -1.37. The smallest absolute Gasteiger partial charge is 0.267 e. The van der Waals surface area contributed by atoms with Gasteiger partial charge >= 0.3 is 0 Å². The SMILES string of the molecule is Nc1cc(Cl)c(Oc2cc(C(F)F)c(Cl)nn2)c(Cl)c1. The molecule has 0 fully saturated rings. The molecule has 2 rings (SSSR count). The molecule has 0 aliphatic carbocycles. The van der Waals surface area contributed by atoms with E-state index in [4.69, 9.17) is 45.3 Å². The van der Waals surface area contributed by atoms with Gasteiger partial charge in [0.2, 0.25) is 5.88 Å². The second-order valence-corrected chi connectivity index (χ2v) is 4.82. The lowest BCUT2D eigenvalue weighted by Gasteiger charge is -2.10. The standard InChI is InChI=1S/C11H6Cl3F2N3O/c12-6-1-4(17)2-7(13)9(6)20-8-3-5(11(15)16)10(14)19-18-8/h1-3,11H,17H2. The number of alkyl halides is 2. The minimum atomic E-state index is -2.81. The van der Waals surface area contributed by atoms with Crippen molar-refractivity contribution in [1.29, 1.82) is 0 Å². The zero-order valence-corrected chi connectivity index (χ0v) is 11.8. The van der Waals surface area contributed by atoms with Crippen LogP contribution in [0.25, 0.3) is 0 Å². The zero-order chi connectivity index (χ0) is 14.9. The molecule has 2 aromatic rings. The summed E-state index contributed by atoms with van der Waals surface area (Å²) in [4.78, 5) is 0. The number of benzene rings is 1. The third-order valence-electron chi connectivity index (χ3n) is 2.22. The number of nitrogens with two attached hydrogens (primary N) is 1. The van der Waals surface area contributed by atoms with Crippen LogP contribution in [0.3, 0.4) is 0 Å². The van der Waals surface area contributed by atoms with Crippen molar-refractivity contribution in [3.8, 4) is 11.6 Å². The highest BCUT2D eigenvalue weighted by atomic mass is 35.5. The van der Waals surface area contributed by atoms with Crippen LogP contribution < -0.4 is 10.5 Å². The fraction of sp³-hybridized carbons (Fsp3) is 0.0909. The number of anilines is 1. The van der Waals surface area contributed by atoms with Gasteiger partial charge in [-0.1, -0.05) is 34.8 Å². The van der Waals surface area contributed by atoms with Gasteiger partial charge in [0, 0.05) is 11.8 Å². The largest absolute Gasteiger partial charge is 0.434 e. The molecule has 20 heavy (non-hydrogen) atoms. The van der Waals surface area contributed by atoms with E-state index in [1.165, 1.54) is 12.1 Å². The van der Waals surface area contributed by atoms with E-state index in [-0.39, 0.29) is 21.7 Å². The highest BCUT2D eigenvalue weighted by Gasteiger charge is 2.17. The Morgan fingerprint density at radius 2 is 1.65 bits per heavy atom. The van der Waals surface area contributed by atoms with Crippen molar-refractivity contribution >= 4 is 40.5 Å². The zero-order valence-electron chi connectivity index (χ0n) is 9.58. The van der Waals surface area contributed by atoms with Crippen LogP contribution in [-0.2, 0) is 0 Å². The molecule has 0 aliphatic heterocycles. The first kappa shape index (κ1) is 15.0. The Balaban J connectivity index is 2.38. The number of hydrogen-bond acceptors (Lipinski definition) is 4.